The fourth-order valence-electron chi connectivity index (χ4n) is 3.38. The zero-order valence-electron chi connectivity index (χ0n) is 16.5. The van der Waals surface area contributed by atoms with Crippen molar-refractivity contribution in [3.63, 3.8) is 0 Å². The molecule has 2 aromatic carbocycles. The molecule has 0 spiro atoms. The van der Waals surface area contributed by atoms with Gasteiger partial charge in [0.05, 0.1) is 25.3 Å². The Bertz CT molecular complexity index is 964. The van der Waals surface area contributed by atoms with Crippen molar-refractivity contribution in [2.24, 2.45) is 0 Å². The lowest BCUT2D eigenvalue weighted by atomic mass is 9.94. The van der Waals surface area contributed by atoms with E-state index in [0.717, 1.165) is 5.56 Å². The first-order chi connectivity index (χ1) is 13.9. The van der Waals surface area contributed by atoms with Crippen molar-refractivity contribution >= 4 is 17.4 Å². The Morgan fingerprint density at radius 2 is 1.79 bits per heavy atom. The van der Waals surface area contributed by atoms with E-state index in [2.05, 4.69) is 0 Å². The minimum Gasteiger partial charge on any atom is -0.507 e. The number of benzene rings is 2. The molecule has 0 aromatic heterocycles. The Morgan fingerprint density at radius 3 is 2.41 bits per heavy atom. The van der Waals surface area contributed by atoms with E-state index in [9.17, 15) is 19.8 Å². The molecule has 0 saturated carbocycles. The van der Waals surface area contributed by atoms with E-state index in [-0.39, 0.29) is 36.0 Å². The summed E-state index contributed by atoms with van der Waals surface area (Å²) in [6, 6.07) is 10.8. The first-order valence-corrected chi connectivity index (χ1v) is 9.10. The molecule has 1 saturated heterocycles. The summed E-state index contributed by atoms with van der Waals surface area (Å²) in [6.45, 7) is 2.30. The number of aryl methyl sites for hydroxylation is 1. The molecule has 1 atom stereocenters. The van der Waals surface area contributed by atoms with Gasteiger partial charge in [0.1, 0.15) is 5.76 Å². The summed E-state index contributed by atoms with van der Waals surface area (Å²) in [7, 11) is 2.91. The number of aromatic hydroxyl groups is 1. The van der Waals surface area contributed by atoms with Crippen LogP contribution in [0.25, 0.3) is 5.76 Å². The minimum atomic E-state index is -0.832. The summed E-state index contributed by atoms with van der Waals surface area (Å²) >= 11 is 0. The van der Waals surface area contributed by atoms with Gasteiger partial charge in [-0.1, -0.05) is 35.9 Å². The van der Waals surface area contributed by atoms with Gasteiger partial charge in [0.2, 0.25) is 0 Å². The van der Waals surface area contributed by atoms with Crippen molar-refractivity contribution in [2.75, 3.05) is 27.4 Å². The van der Waals surface area contributed by atoms with Crippen molar-refractivity contribution in [3.05, 3.63) is 64.7 Å². The number of hydrogen-bond acceptors (Lipinski definition) is 6. The molecule has 29 heavy (non-hydrogen) atoms. The average Bonchev–Trinajstić information content (AvgIpc) is 2.97. The number of carbonyl (C=O) groups excluding carboxylic acids is 2. The van der Waals surface area contributed by atoms with Crippen LogP contribution in [0, 0.1) is 6.92 Å². The van der Waals surface area contributed by atoms with Crippen LogP contribution in [0.4, 0.5) is 0 Å². The highest BCUT2D eigenvalue weighted by Gasteiger charge is 2.46. The fraction of sp³-hybridized carbons (Fsp3) is 0.273. The third-order valence-corrected chi connectivity index (χ3v) is 4.92. The molecule has 2 N–H and O–H groups in total. The van der Waals surface area contributed by atoms with Crippen LogP contribution in [0.1, 0.15) is 22.7 Å². The van der Waals surface area contributed by atoms with Crippen LogP contribution in [0.5, 0.6) is 11.5 Å². The number of nitrogens with zero attached hydrogens (tertiary/aromatic N) is 1. The number of likely N-dealkylation sites (tertiary alicyclic amines) is 1. The number of phenolic OH excluding ortho intramolecular Hbond substituents is 1. The van der Waals surface area contributed by atoms with Crippen molar-refractivity contribution in [1.82, 2.24) is 4.90 Å². The number of carbonyl (C=O) groups is 2. The molecule has 0 bridgehead atoms. The van der Waals surface area contributed by atoms with Crippen molar-refractivity contribution in [1.29, 1.82) is 0 Å². The molecule has 0 radical (unpaired) electrons. The van der Waals surface area contributed by atoms with Gasteiger partial charge in [0.25, 0.3) is 11.7 Å². The predicted octanol–water partition coefficient (Wildman–Crippen LogP) is 2.78. The van der Waals surface area contributed by atoms with Crippen LogP contribution in [0.2, 0.25) is 0 Å². The number of methoxy groups -OCH3 is 2. The van der Waals surface area contributed by atoms with E-state index < -0.39 is 17.7 Å². The quantitative estimate of drug-likeness (QED) is 0.442. The van der Waals surface area contributed by atoms with Gasteiger partial charge < -0.3 is 24.6 Å². The molecule has 1 fully saturated rings. The second-order valence-electron chi connectivity index (χ2n) is 6.78. The molecule has 3 rings (SSSR count). The number of ether oxygens (including phenoxy) is 2. The van der Waals surface area contributed by atoms with Crippen LogP contribution >= 0.6 is 0 Å². The normalized spacial score (nSPS) is 18.3. The zero-order valence-corrected chi connectivity index (χ0v) is 16.5. The molecule has 1 aliphatic heterocycles. The Morgan fingerprint density at radius 1 is 1.10 bits per heavy atom. The van der Waals surface area contributed by atoms with Crippen LogP contribution < -0.4 is 4.74 Å². The van der Waals surface area contributed by atoms with Crippen LogP contribution in [0.3, 0.4) is 0 Å². The molecular weight excluding hydrogens is 374 g/mol. The highest BCUT2D eigenvalue weighted by molar-refractivity contribution is 6.46. The monoisotopic (exact) mass is 397 g/mol. The van der Waals surface area contributed by atoms with E-state index in [1.165, 1.54) is 25.2 Å². The molecule has 0 unspecified atom stereocenters. The fourth-order valence-corrected chi connectivity index (χ4v) is 3.38. The summed E-state index contributed by atoms with van der Waals surface area (Å²) in [5, 5.41) is 20.8. The summed E-state index contributed by atoms with van der Waals surface area (Å²) in [5.41, 5.74) is 1.96. The Hall–Kier alpha value is -3.32. The second-order valence-corrected chi connectivity index (χ2v) is 6.78. The molecule has 1 amide bonds. The molecule has 7 heteroatoms. The summed E-state index contributed by atoms with van der Waals surface area (Å²) in [6.07, 6.45) is 0. The molecular formula is C22H23NO6. The van der Waals surface area contributed by atoms with E-state index in [0.29, 0.717) is 11.1 Å². The molecule has 2 aromatic rings. The first kappa shape index (κ1) is 20.4. The minimum absolute atomic E-state index is 0.0114. The van der Waals surface area contributed by atoms with Gasteiger partial charge >= 0.3 is 0 Å². The smallest absolute Gasteiger partial charge is 0.295 e. The van der Waals surface area contributed by atoms with Crippen LogP contribution in [-0.2, 0) is 14.3 Å². The standard InChI is InChI=1S/C22H23NO6/c1-13-4-6-14(7-5-13)20(25)18-19(15-8-9-16(24)17(12-15)29-3)23(10-11-28-2)22(27)21(18)26/h4-9,12,19,24-25H,10-11H2,1-3H3/t19-/m0/s1. The van der Waals surface area contributed by atoms with Crippen LogP contribution in [0.15, 0.2) is 48.0 Å². The summed E-state index contributed by atoms with van der Waals surface area (Å²) in [5.74, 6) is -1.59. The Kier molecular flexibility index (Phi) is 5.89. The third-order valence-electron chi connectivity index (χ3n) is 4.92. The van der Waals surface area contributed by atoms with Gasteiger partial charge in [-0.25, -0.2) is 0 Å². The van der Waals surface area contributed by atoms with Crippen LogP contribution in [-0.4, -0.2) is 54.2 Å². The van der Waals surface area contributed by atoms with Gasteiger partial charge in [0, 0.05) is 19.2 Å². The molecule has 152 valence electrons. The summed E-state index contributed by atoms with van der Waals surface area (Å²) in [4.78, 5) is 26.9. The Balaban J connectivity index is 2.18. The molecule has 0 aliphatic carbocycles. The lowest BCUT2D eigenvalue weighted by molar-refractivity contribution is -0.140. The first-order valence-electron chi connectivity index (χ1n) is 9.10. The highest BCUT2D eigenvalue weighted by atomic mass is 16.5. The van der Waals surface area contributed by atoms with Crippen molar-refractivity contribution in [3.8, 4) is 11.5 Å². The number of ketones is 1. The predicted molar refractivity (Wildman–Crippen MR) is 107 cm³/mol. The van der Waals surface area contributed by atoms with Gasteiger partial charge in [-0.2, -0.15) is 0 Å². The summed E-state index contributed by atoms with van der Waals surface area (Å²) < 4.78 is 10.2. The maximum Gasteiger partial charge on any atom is 0.295 e. The number of hydrogen-bond donors (Lipinski definition) is 2. The molecule has 7 nitrogen and oxygen atoms in total. The third kappa shape index (κ3) is 3.82. The Labute approximate surface area is 168 Å². The van der Waals surface area contributed by atoms with Gasteiger partial charge in [-0.15, -0.1) is 0 Å². The number of Topliss-reactive ketones (excluding diaryl/α,β-unsaturated/α-hetero) is 1. The van der Waals surface area contributed by atoms with E-state index in [1.54, 1.807) is 24.3 Å². The molecule has 1 aliphatic rings. The van der Waals surface area contributed by atoms with Crippen molar-refractivity contribution < 1.29 is 29.3 Å². The average molecular weight is 397 g/mol. The van der Waals surface area contributed by atoms with Crippen molar-refractivity contribution in [2.45, 2.75) is 13.0 Å². The van der Waals surface area contributed by atoms with Gasteiger partial charge in [0.15, 0.2) is 11.5 Å². The lowest BCUT2D eigenvalue weighted by Gasteiger charge is -2.25. The zero-order chi connectivity index (χ0) is 21.1. The number of rotatable bonds is 6. The number of amides is 1. The topological polar surface area (TPSA) is 96.3 Å². The lowest BCUT2D eigenvalue weighted by Crippen LogP contribution is -2.32. The highest BCUT2D eigenvalue weighted by Crippen LogP contribution is 2.41. The number of phenols is 1. The number of aliphatic hydroxyl groups is 1. The number of aliphatic hydroxyl groups excluding tert-OH is 1. The largest absolute Gasteiger partial charge is 0.507 e. The molecule has 1 heterocycles. The maximum absolute atomic E-state index is 12.8. The van der Waals surface area contributed by atoms with E-state index >= 15 is 0 Å². The maximum atomic E-state index is 12.8. The van der Waals surface area contributed by atoms with E-state index in [1.807, 2.05) is 19.1 Å². The van der Waals surface area contributed by atoms with Gasteiger partial charge in [-0.05, 0) is 24.6 Å². The second kappa shape index (κ2) is 8.36. The van der Waals surface area contributed by atoms with Gasteiger partial charge in [-0.3, -0.25) is 9.59 Å². The van der Waals surface area contributed by atoms with E-state index in [4.69, 9.17) is 9.47 Å². The SMILES string of the molecule is COCCN1C(=O)C(=O)C(=C(O)c2ccc(C)cc2)[C@@H]1c1ccc(O)c(OC)c1.